The van der Waals surface area contributed by atoms with Gasteiger partial charge in [0.25, 0.3) is 0 Å². The van der Waals surface area contributed by atoms with E-state index in [-0.39, 0.29) is 17.9 Å². The van der Waals surface area contributed by atoms with Crippen LogP contribution in [0, 0.1) is 6.92 Å². The number of benzene rings is 1. The first-order valence-corrected chi connectivity index (χ1v) is 8.60. The number of para-hydroxylation sites is 1. The summed E-state index contributed by atoms with van der Waals surface area (Å²) in [6.07, 6.45) is -0.904. The van der Waals surface area contributed by atoms with Gasteiger partial charge in [-0.3, -0.25) is 9.78 Å². The van der Waals surface area contributed by atoms with E-state index in [4.69, 9.17) is 5.73 Å². The summed E-state index contributed by atoms with van der Waals surface area (Å²) < 4.78 is 26.9. The van der Waals surface area contributed by atoms with Gasteiger partial charge in [-0.2, -0.15) is 4.31 Å². The normalized spacial score (nSPS) is 22.5. The number of carbonyl (C=O) groups excluding carboxylic acids is 1. The first-order chi connectivity index (χ1) is 10.8. The molecule has 8 heteroatoms. The van der Waals surface area contributed by atoms with E-state index in [0.29, 0.717) is 16.6 Å². The van der Waals surface area contributed by atoms with Crippen molar-refractivity contribution < 1.29 is 18.3 Å². The predicted molar refractivity (Wildman–Crippen MR) is 84.0 cm³/mol. The van der Waals surface area contributed by atoms with E-state index in [0.717, 1.165) is 4.31 Å². The minimum atomic E-state index is -4.00. The monoisotopic (exact) mass is 335 g/mol. The van der Waals surface area contributed by atoms with E-state index < -0.39 is 28.1 Å². The topological polar surface area (TPSA) is 114 Å². The molecule has 0 radical (unpaired) electrons. The van der Waals surface area contributed by atoms with Gasteiger partial charge in [-0.05, 0) is 19.1 Å². The number of nitrogens with zero attached hydrogens (tertiary/aromatic N) is 2. The number of fused-ring (bicyclic) bond motifs is 1. The Morgan fingerprint density at radius 1 is 1.35 bits per heavy atom. The number of hydrogen-bond donors (Lipinski definition) is 2. The molecule has 1 fully saturated rings. The molecule has 2 unspecified atom stereocenters. The third-order valence-electron chi connectivity index (χ3n) is 3.97. The molecule has 2 aromatic rings. The Morgan fingerprint density at radius 3 is 2.78 bits per heavy atom. The van der Waals surface area contributed by atoms with Crippen LogP contribution in [-0.4, -0.2) is 47.4 Å². The van der Waals surface area contributed by atoms with E-state index in [2.05, 4.69) is 4.98 Å². The van der Waals surface area contributed by atoms with Crippen LogP contribution in [0.25, 0.3) is 10.9 Å². The Labute approximate surface area is 133 Å². The van der Waals surface area contributed by atoms with E-state index in [1.807, 2.05) is 0 Å². The summed E-state index contributed by atoms with van der Waals surface area (Å²) in [5.41, 5.74) is 6.32. The molecule has 1 aliphatic rings. The number of rotatable bonds is 3. The van der Waals surface area contributed by atoms with Gasteiger partial charge < -0.3 is 10.8 Å². The van der Waals surface area contributed by atoms with Gasteiger partial charge in [0.05, 0.1) is 11.6 Å². The van der Waals surface area contributed by atoms with Crippen LogP contribution in [0.15, 0.2) is 35.2 Å². The molecule has 1 amide bonds. The maximum Gasteiger partial charge on any atom is 0.246 e. The number of β-amino-alcohol motifs (C(OH)–C–C–N with tert-alkyl or cyclic N) is 1. The fourth-order valence-electron chi connectivity index (χ4n) is 2.86. The lowest BCUT2D eigenvalue weighted by Gasteiger charge is -2.22. The zero-order valence-electron chi connectivity index (χ0n) is 12.5. The Bertz CT molecular complexity index is 881. The summed E-state index contributed by atoms with van der Waals surface area (Å²) in [5, 5.41) is 10.4. The highest BCUT2D eigenvalue weighted by Gasteiger charge is 2.43. The molecular weight excluding hydrogens is 318 g/mol. The molecule has 0 aliphatic carbocycles. The number of hydrogen-bond acceptors (Lipinski definition) is 5. The average molecular weight is 335 g/mol. The number of primary amides is 1. The molecule has 1 aliphatic heterocycles. The predicted octanol–water partition coefficient (Wildman–Crippen LogP) is 0.152. The maximum atomic E-state index is 13.0. The van der Waals surface area contributed by atoms with Gasteiger partial charge in [0.2, 0.25) is 15.9 Å². The number of amides is 1. The first kappa shape index (κ1) is 15.9. The highest BCUT2D eigenvalue weighted by Crippen LogP contribution is 2.30. The summed E-state index contributed by atoms with van der Waals surface area (Å²) in [6, 6.07) is 7.39. The summed E-state index contributed by atoms with van der Waals surface area (Å²) in [5.74, 6) is -0.769. The zero-order chi connectivity index (χ0) is 16.8. The summed E-state index contributed by atoms with van der Waals surface area (Å²) in [6.45, 7) is 1.62. The molecule has 1 saturated heterocycles. The van der Waals surface area contributed by atoms with Crippen LogP contribution in [-0.2, 0) is 14.8 Å². The number of carbonyl (C=O) groups is 1. The molecule has 3 rings (SSSR count). The number of pyridine rings is 1. The largest absolute Gasteiger partial charge is 0.392 e. The molecule has 0 bridgehead atoms. The van der Waals surface area contributed by atoms with Crippen molar-refractivity contribution in [3.05, 3.63) is 36.0 Å². The minimum absolute atomic E-state index is 0.00574. The standard InChI is InChI=1S/C15H17N3O4S/c1-9-5-6-10-3-2-4-13(14(10)17-9)23(21,22)18-8-11(19)7-12(18)15(16)20/h2-6,11-12,19H,7-8H2,1H3,(H2,16,20). The van der Waals surface area contributed by atoms with Crippen molar-refractivity contribution >= 4 is 26.8 Å². The van der Waals surface area contributed by atoms with Gasteiger partial charge in [-0.1, -0.05) is 18.2 Å². The van der Waals surface area contributed by atoms with E-state index in [1.165, 1.54) is 6.07 Å². The zero-order valence-corrected chi connectivity index (χ0v) is 13.3. The highest BCUT2D eigenvalue weighted by molar-refractivity contribution is 7.89. The minimum Gasteiger partial charge on any atom is -0.392 e. The number of sulfonamides is 1. The van der Waals surface area contributed by atoms with Crippen molar-refractivity contribution in [1.29, 1.82) is 0 Å². The summed E-state index contributed by atoms with van der Waals surface area (Å²) in [7, 11) is -4.00. The van der Waals surface area contributed by atoms with E-state index >= 15 is 0 Å². The molecule has 2 atom stereocenters. The molecular formula is C15H17N3O4S. The smallest absolute Gasteiger partial charge is 0.246 e. The van der Waals surface area contributed by atoms with E-state index in [9.17, 15) is 18.3 Å². The lowest BCUT2D eigenvalue weighted by Crippen LogP contribution is -2.43. The van der Waals surface area contributed by atoms with Crippen molar-refractivity contribution in [2.24, 2.45) is 5.73 Å². The van der Waals surface area contributed by atoms with Crippen LogP contribution in [0.2, 0.25) is 0 Å². The average Bonchev–Trinajstić information content (AvgIpc) is 2.89. The van der Waals surface area contributed by atoms with Gasteiger partial charge in [0.15, 0.2) is 0 Å². The quantitative estimate of drug-likeness (QED) is 0.829. The van der Waals surface area contributed by atoms with Crippen molar-refractivity contribution in [3.63, 3.8) is 0 Å². The van der Waals surface area contributed by atoms with Crippen LogP contribution < -0.4 is 5.73 Å². The van der Waals surface area contributed by atoms with Crippen molar-refractivity contribution in [2.75, 3.05) is 6.54 Å². The fourth-order valence-corrected chi connectivity index (χ4v) is 4.66. The molecule has 3 N–H and O–H groups in total. The number of nitrogens with two attached hydrogens (primary N) is 1. The fraction of sp³-hybridized carbons (Fsp3) is 0.333. The second kappa shape index (κ2) is 5.55. The van der Waals surface area contributed by atoms with Crippen LogP contribution in [0.1, 0.15) is 12.1 Å². The molecule has 1 aromatic heterocycles. The third kappa shape index (κ3) is 2.69. The SMILES string of the molecule is Cc1ccc2cccc(S(=O)(=O)N3CC(O)CC3C(N)=O)c2n1. The molecule has 1 aromatic carbocycles. The van der Waals surface area contributed by atoms with Crippen LogP contribution in [0.3, 0.4) is 0 Å². The Morgan fingerprint density at radius 2 is 2.09 bits per heavy atom. The highest BCUT2D eigenvalue weighted by atomic mass is 32.2. The van der Waals surface area contributed by atoms with Gasteiger partial charge in [0, 0.05) is 24.0 Å². The molecule has 2 heterocycles. The summed E-state index contributed by atoms with van der Waals surface area (Å²) in [4.78, 5) is 15.9. The van der Waals surface area contributed by atoms with Crippen molar-refractivity contribution in [3.8, 4) is 0 Å². The number of aryl methyl sites for hydroxylation is 1. The Kier molecular flexibility index (Phi) is 3.83. The second-order valence-electron chi connectivity index (χ2n) is 5.66. The van der Waals surface area contributed by atoms with Crippen molar-refractivity contribution in [2.45, 2.75) is 30.4 Å². The number of aromatic nitrogens is 1. The maximum absolute atomic E-state index is 13.0. The van der Waals surface area contributed by atoms with Crippen molar-refractivity contribution in [1.82, 2.24) is 9.29 Å². The van der Waals surface area contributed by atoms with Crippen LogP contribution >= 0.6 is 0 Å². The van der Waals surface area contributed by atoms with Crippen LogP contribution in [0.5, 0.6) is 0 Å². The van der Waals surface area contributed by atoms with Gasteiger partial charge in [0.1, 0.15) is 10.9 Å². The van der Waals surface area contributed by atoms with Gasteiger partial charge in [-0.15, -0.1) is 0 Å². The molecule has 122 valence electrons. The molecule has 0 spiro atoms. The Balaban J connectivity index is 2.17. The first-order valence-electron chi connectivity index (χ1n) is 7.16. The summed E-state index contributed by atoms with van der Waals surface area (Å²) >= 11 is 0. The van der Waals surface area contributed by atoms with E-state index in [1.54, 1.807) is 31.2 Å². The molecule has 0 saturated carbocycles. The molecule has 7 nitrogen and oxygen atoms in total. The van der Waals surface area contributed by atoms with Gasteiger partial charge in [-0.25, -0.2) is 8.42 Å². The second-order valence-corrected chi connectivity index (χ2v) is 7.52. The Hall–Kier alpha value is -2.03. The van der Waals surface area contributed by atoms with Crippen LogP contribution in [0.4, 0.5) is 0 Å². The third-order valence-corrected chi connectivity index (χ3v) is 5.88. The lowest BCUT2D eigenvalue weighted by molar-refractivity contribution is -0.121. The number of aliphatic hydroxyl groups is 1. The lowest BCUT2D eigenvalue weighted by atomic mass is 10.2. The molecule has 23 heavy (non-hydrogen) atoms. The van der Waals surface area contributed by atoms with Gasteiger partial charge >= 0.3 is 0 Å². The number of aliphatic hydroxyl groups excluding tert-OH is 1.